The summed E-state index contributed by atoms with van der Waals surface area (Å²) in [5.74, 6) is 0. The summed E-state index contributed by atoms with van der Waals surface area (Å²) in [5, 5.41) is 17.1. The molecule has 0 bridgehead atoms. The average Bonchev–Trinajstić information content (AvgIpc) is 3.44. The number of hydrogen-bond acceptors (Lipinski definition) is 6. The van der Waals surface area contributed by atoms with Gasteiger partial charge in [-0.2, -0.15) is 0 Å². The van der Waals surface area contributed by atoms with Crippen LogP contribution in [0.2, 0.25) is 0 Å². The Bertz CT molecular complexity index is 1770. The van der Waals surface area contributed by atoms with Gasteiger partial charge in [-0.25, -0.2) is 0 Å². The minimum atomic E-state index is -0.375. The van der Waals surface area contributed by atoms with Crippen molar-refractivity contribution in [3.63, 3.8) is 0 Å². The molecule has 2 atom stereocenters. The van der Waals surface area contributed by atoms with Crippen molar-refractivity contribution < 1.29 is 29.6 Å². The zero-order valence-electron chi connectivity index (χ0n) is 37.7. The standard InChI is InChI=1S/C43H57B2N4.C5H12O2.Pt/c1-40(2,3)32-15-19-34(20-16-32)42(7,8)36-23-27-38(28-24-36)48-31-49(45(47(13)14)44(48)46(11)12)39-29-25-37(26-30-39)43(9,10)35-21-17-33(18-22-35)41(4,5)6;1-4(6)3-5(2)7;/h15-29H,1-14H3;4-7H,3H2,1-2H3;/q-1;;. The summed E-state index contributed by atoms with van der Waals surface area (Å²) in [6.07, 6.45) is -0.278. The Hall–Kier alpha value is -2.99. The Morgan fingerprint density at radius 2 is 0.877 bits per heavy atom. The summed E-state index contributed by atoms with van der Waals surface area (Å²) in [4.78, 5) is 9.57. The third-order valence-corrected chi connectivity index (χ3v) is 12.6. The van der Waals surface area contributed by atoms with Gasteiger partial charge in [0.1, 0.15) is 0 Å². The third kappa shape index (κ3) is 10.8. The van der Waals surface area contributed by atoms with E-state index in [1.807, 2.05) is 0 Å². The molecule has 9 heteroatoms. The van der Waals surface area contributed by atoms with E-state index in [4.69, 9.17) is 10.2 Å². The fourth-order valence-corrected chi connectivity index (χ4v) is 8.83. The van der Waals surface area contributed by atoms with E-state index in [0.29, 0.717) is 6.42 Å². The quantitative estimate of drug-likeness (QED) is 0.122. The maximum absolute atomic E-state index is 8.56. The van der Waals surface area contributed by atoms with Crippen molar-refractivity contribution in [2.75, 3.05) is 37.8 Å². The van der Waals surface area contributed by atoms with Crippen LogP contribution in [0, 0.1) is 6.07 Å². The van der Waals surface area contributed by atoms with Gasteiger partial charge >= 0.3 is 276 Å². The second kappa shape index (κ2) is 18.1. The summed E-state index contributed by atoms with van der Waals surface area (Å²) >= 11 is 2.52. The first-order valence-corrected chi connectivity index (χ1v) is 21.5. The van der Waals surface area contributed by atoms with Crippen LogP contribution in [0.4, 0.5) is 11.4 Å². The van der Waals surface area contributed by atoms with Crippen LogP contribution in [0.3, 0.4) is 0 Å². The van der Waals surface area contributed by atoms with E-state index in [1.165, 1.54) is 39.1 Å². The molecule has 2 unspecified atom stereocenters. The van der Waals surface area contributed by atoms with Gasteiger partial charge in [-0.3, -0.25) is 0 Å². The van der Waals surface area contributed by atoms with Crippen molar-refractivity contribution in [3.8, 4) is 0 Å². The Kier molecular flexibility index (Phi) is 14.8. The average molecular weight is 951 g/mol. The van der Waals surface area contributed by atoms with Crippen molar-refractivity contribution in [1.82, 2.24) is 9.62 Å². The van der Waals surface area contributed by atoms with Crippen molar-refractivity contribution in [3.05, 3.63) is 130 Å². The van der Waals surface area contributed by atoms with Crippen molar-refractivity contribution >= 4 is 29.3 Å². The van der Waals surface area contributed by atoms with Crippen LogP contribution in [0.1, 0.15) is 123 Å². The fraction of sp³-hybridized carbons (Fsp3) is 0.479. The molecule has 1 fully saturated rings. The Morgan fingerprint density at radius 3 is 1.19 bits per heavy atom. The van der Waals surface area contributed by atoms with Crippen LogP contribution < -0.4 is 9.62 Å². The first kappa shape index (κ1) is 46.7. The van der Waals surface area contributed by atoms with E-state index in [1.54, 1.807) is 13.8 Å². The molecule has 0 radical (unpaired) electrons. The number of rotatable bonds is 10. The van der Waals surface area contributed by atoms with Crippen LogP contribution in [0.5, 0.6) is 0 Å². The van der Waals surface area contributed by atoms with Crippen LogP contribution in [-0.4, -0.2) is 78.1 Å². The second-order valence-corrected chi connectivity index (χ2v) is 20.6. The Morgan fingerprint density at radius 1 is 0.544 bits per heavy atom. The SMILES string of the molecule is CC(O)CC(C)O.CN(C)B1B(N(C)C)N(c2ccc(C(C)(C)c3ccc(C(C)(C)C)cc3)cc2)[C](=[Pt])N1c1[c-]cc(C(C)(C)c2ccc(C(C)(C)C)cc2)cc1. The van der Waals surface area contributed by atoms with E-state index >= 15 is 0 Å². The summed E-state index contributed by atoms with van der Waals surface area (Å²) in [5.41, 5.74) is 10.2. The minimum absolute atomic E-state index is 0.0787. The van der Waals surface area contributed by atoms with Gasteiger partial charge in [0.2, 0.25) is 0 Å². The van der Waals surface area contributed by atoms with Crippen molar-refractivity contribution in [2.45, 2.75) is 123 Å². The zero-order valence-corrected chi connectivity index (χ0v) is 39.9. The number of anilines is 2. The summed E-state index contributed by atoms with van der Waals surface area (Å²) in [6.45, 7) is 26.4. The van der Waals surface area contributed by atoms with Gasteiger partial charge in [0.15, 0.2) is 0 Å². The summed E-state index contributed by atoms with van der Waals surface area (Å²) in [7, 11) is 8.72. The van der Waals surface area contributed by atoms with Gasteiger partial charge in [-0.15, -0.1) is 0 Å². The van der Waals surface area contributed by atoms with Crippen molar-refractivity contribution in [1.29, 1.82) is 0 Å². The molecule has 1 aliphatic heterocycles. The van der Waals surface area contributed by atoms with Gasteiger partial charge in [0.05, 0.1) is 12.2 Å². The zero-order chi connectivity index (χ0) is 42.8. The first-order valence-electron chi connectivity index (χ1n) is 20.4. The number of aliphatic hydroxyl groups is 2. The van der Waals surface area contributed by atoms with E-state index in [9.17, 15) is 0 Å². The van der Waals surface area contributed by atoms with Crippen LogP contribution in [0.25, 0.3) is 0 Å². The predicted molar refractivity (Wildman–Crippen MR) is 243 cm³/mol. The van der Waals surface area contributed by atoms with Gasteiger partial charge in [0.25, 0.3) is 0 Å². The number of benzene rings is 4. The molecular weight excluding hydrogens is 881 g/mol. The first-order chi connectivity index (χ1) is 26.3. The summed E-state index contributed by atoms with van der Waals surface area (Å²) in [6, 6.07) is 38.0. The van der Waals surface area contributed by atoms with Gasteiger partial charge in [-0.1, -0.05) is 41.5 Å². The van der Waals surface area contributed by atoms with Gasteiger partial charge in [0, 0.05) is 0 Å². The van der Waals surface area contributed by atoms with Crippen LogP contribution in [-0.2, 0) is 41.0 Å². The van der Waals surface area contributed by atoms with E-state index in [2.05, 4.69) is 233 Å². The predicted octanol–water partition coefficient (Wildman–Crippen LogP) is 9.01. The number of aliphatic hydroxyl groups excluding tert-OH is 2. The van der Waals surface area contributed by atoms with Crippen LogP contribution >= 0.6 is 0 Å². The molecular formula is C48H69B2N4O2Pt-. The third-order valence-electron chi connectivity index (χ3n) is 11.5. The molecule has 0 spiro atoms. The molecule has 1 aliphatic rings. The van der Waals surface area contributed by atoms with Crippen molar-refractivity contribution in [2.24, 2.45) is 0 Å². The molecule has 2 N–H and O–H groups in total. The second-order valence-electron chi connectivity index (χ2n) is 19.6. The topological polar surface area (TPSA) is 53.4 Å². The van der Waals surface area contributed by atoms with E-state index in [-0.39, 0.29) is 47.6 Å². The molecule has 6 nitrogen and oxygen atoms in total. The van der Waals surface area contributed by atoms with Gasteiger partial charge < -0.3 is 10.2 Å². The molecule has 1 heterocycles. The molecule has 4 aromatic carbocycles. The van der Waals surface area contributed by atoms with Gasteiger partial charge in [-0.05, 0) is 20.3 Å². The number of hydrogen-bond donors (Lipinski definition) is 2. The monoisotopic (exact) mass is 951 g/mol. The molecule has 0 aliphatic carbocycles. The Balaban J connectivity index is 0.000000940. The maximum atomic E-state index is 8.56. The molecule has 310 valence electrons. The number of nitrogens with zero attached hydrogens (tertiary/aromatic N) is 4. The Labute approximate surface area is 358 Å². The fourth-order valence-electron chi connectivity index (χ4n) is 7.66. The molecule has 0 amide bonds. The van der Waals surface area contributed by atoms with E-state index < -0.39 is 0 Å². The van der Waals surface area contributed by atoms with Crippen LogP contribution in [0.15, 0.2) is 91.0 Å². The molecule has 0 saturated carbocycles. The molecule has 4 aromatic rings. The normalized spacial score (nSPS) is 15.4. The van der Waals surface area contributed by atoms with E-state index in [0.717, 1.165) is 9.83 Å². The molecule has 57 heavy (non-hydrogen) atoms. The molecule has 1 saturated heterocycles. The molecule has 5 rings (SSSR count). The molecule has 0 aromatic heterocycles. The summed E-state index contributed by atoms with van der Waals surface area (Å²) < 4.78 is 1.16.